The molecule has 4 N–H and O–H groups in total. The molecule has 1 fully saturated rings. The maximum atomic E-state index is 6.02. The minimum Gasteiger partial charge on any atom is -0.366 e. The molecule has 0 bridgehead atoms. The van der Waals surface area contributed by atoms with Crippen LogP contribution in [0.3, 0.4) is 0 Å². The highest BCUT2D eigenvalue weighted by Gasteiger charge is 2.19. The maximum absolute atomic E-state index is 6.02. The zero-order valence-corrected chi connectivity index (χ0v) is 17.4. The van der Waals surface area contributed by atoms with Crippen LogP contribution in [0, 0.1) is 0 Å². The van der Waals surface area contributed by atoms with Gasteiger partial charge >= 0.3 is 0 Å². The summed E-state index contributed by atoms with van der Waals surface area (Å²) in [6, 6.07) is 4.60. The largest absolute Gasteiger partial charge is 0.366 e. The van der Waals surface area contributed by atoms with Crippen LogP contribution < -0.4 is 16.4 Å². The van der Waals surface area contributed by atoms with Gasteiger partial charge in [0.15, 0.2) is 16.6 Å². The Hall–Kier alpha value is -3.37. The molecule has 0 aromatic carbocycles. The van der Waals surface area contributed by atoms with Crippen LogP contribution >= 0.6 is 11.6 Å². The van der Waals surface area contributed by atoms with Gasteiger partial charge in [-0.05, 0) is 37.8 Å². The number of nitrogens with zero attached hydrogens (tertiary/aromatic N) is 7. The Kier molecular flexibility index (Phi) is 5.31. The molecule has 0 saturated heterocycles. The fourth-order valence-corrected chi connectivity index (χ4v) is 3.81. The Morgan fingerprint density at radius 3 is 2.48 bits per heavy atom. The molecular weight excluding hydrogens is 416 g/mol. The summed E-state index contributed by atoms with van der Waals surface area (Å²) in [6.45, 7) is 0. The van der Waals surface area contributed by atoms with E-state index in [1.54, 1.807) is 29.3 Å². The smallest absolute Gasteiger partial charge is 0.228 e. The van der Waals surface area contributed by atoms with Gasteiger partial charge in [-0.15, -0.1) is 5.10 Å². The summed E-state index contributed by atoms with van der Waals surface area (Å²) < 4.78 is 1.79. The number of imidazole rings is 1. The second-order valence-corrected chi connectivity index (χ2v) is 7.86. The second-order valence-electron chi connectivity index (χ2n) is 7.50. The highest BCUT2D eigenvalue weighted by molar-refractivity contribution is 6.31. The standard InChI is InChI=1S/C20H21ClN10/c21-18-19(24-8-7-23-18)29-20-26-9-12(10-27-20)15-11-25-17-6-5-16(30-31(15)17)28-14-3-1-13(22)2-4-14/h5-11,13-14H,1-4,22H2,(H,28,30)(H,24,26,27,29). The lowest BCUT2D eigenvalue weighted by molar-refractivity contribution is 0.410. The highest BCUT2D eigenvalue weighted by atomic mass is 35.5. The summed E-state index contributed by atoms with van der Waals surface area (Å²) in [5, 5.41) is 11.5. The molecule has 31 heavy (non-hydrogen) atoms. The molecule has 158 valence electrons. The first-order valence-corrected chi connectivity index (χ1v) is 10.5. The number of hydrogen-bond acceptors (Lipinski definition) is 9. The Morgan fingerprint density at radius 2 is 1.71 bits per heavy atom. The van der Waals surface area contributed by atoms with Gasteiger partial charge in [-0.1, -0.05) is 11.6 Å². The fraction of sp³-hybridized carbons (Fsp3) is 0.300. The predicted octanol–water partition coefficient (Wildman–Crippen LogP) is 3.06. The molecule has 4 heterocycles. The van der Waals surface area contributed by atoms with E-state index in [9.17, 15) is 0 Å². The van der Waals surface area contributed by atoms with Gasteiger partial charge in [-0.3, -0.25) is 0 Å². The number of hydrogen-bond donors (Lipinski definition) is 3. The van der Waals surface area contributed by atoms with Crippen LogP contribution in [-0.2, 0) is 0 Å². The van der Waals surface area contributed by atoms with Gasteiger partial charge in [0.05, 0.1) is 11.9 Å². The SMILES string of the molecule is NC1CCC(Nc2ccc3ncc(-c4cnc(Nc5nccnc5Cl)nc4)n3n2)CC1. The van der Waals surface area contributed by atoms with Crippen molar-refractivity contribution < 1.29 is 0 Å². The van der Waals surface area contributed by atoms with Gasteiger partial charge < -0.3 is 16.4 Å². The van der Waals surface area contributed by atoms with Crippen molar-refractivity contribution in [2.24, 2.45) is 5.73 Å². The van der Waals surface area contributed by atoms with E-state index in [-0.39, 0.29) is 5.15 Å². The molecule has 1 aliphatic carbocycles. The molecule has 10 nitrogen and oxygen atoms in total. The van der Waals surface area contributed by atoms with Crippen molar-refractivity contribution in [3.05, 3.63) is 48.3 Å². The van der Waals surface area contributed by atoms with Gasteiger partial charge in [0.25, 0.3) is 0 Å². The van der Waals surface area contributed by atoms with E-state index in [1.807, 2.05) is 12.1 Å². The average Bonchev–Trinajstić information content (AvgIpc) is 3.21. The normalized spacial score (nSPS) is 18.8. The van der Waals surface area contributed by atoms with E-state index in [0.717, 1.165) is 48.4 Å². The lowest BCUT2D eigenvalue weighted by Crippen LogP contribution is -2.33. The van der Waals surface area contributed by atoms with Crippen LogP contribution in [0.5, 0.6) is 0 Å². The summed E-state index contributed by atoms with van der Waals surface area (Å²) in [4.78, 5) is 21.3. The molecule has 0 amide bonds. The zero-order valence-electron chi connectivity index (χ0n) is 16.6. The third kappa shape index (κ3) is 4.25. The monoisotopic (exact) mass is 436 g/mol. The van der Waals surface area contributed by atoms with E-state index >= 15 is 0 Å². The van der Waals surface area contributed by atoms with E-state index in [1.165, 1.54) is 6.20 Å². The predicted molar refractivity (Wildman–Crippen MR) is 118 cm³/mol. The first-order valence-electron chi connectivity index (χ1n) is 10.1. The van der Waals surface area contributed by atoms with Gasteiger partial charge in [-0.2, -0.15) is 0 Å². The molecule has 1 aliphatic rings. The second kappa shape index (κ2) is 8.40. The van der Waals surface area contributed by atoms with Crippen molar-refractivity contribution in [2.75, 3.05) is 10.6 Å². The first-order chi connectivity index (χ1) is 15.2. The fourth-order valence-electron chi connectivity index (χ4n) is 3.66. The molecule has 4 aromatic heterocycles. The van der Waals surface area contributed by atoms with Gasteiger partial charge in [0.2, 0.25) is 5.95 Å². The molecule has 4 aromatic rings. The summed E-state index contributed by atoms with van der Waals surface area (Å²) >= 11 is 6.02. The Morgan fingerprint density at radius 1 is 0.935 bits per heavy atom. The van der Waals surface area contributed by atoms with Crippen molar-refractivity contribution in [1.29, 1.82) is 0 Å². The van der Waals surface area contributed by atoms with Crippen molar-refractivity contribution in [2.45, 2.75) is 37.8 Å². The summed E-state index contributed by atoms with van der Waals surface area (Å²) in [7, 11) is 0. The Balaban J connectivity index is 1.36. The van der Waals surface area contributed by atoms with Crippen LogP contribution in [0.25, 0.3) is 16.9 Å². The lowest BCUT2D eigenvalue weighted by atomic mass is 9.92. The molecule has 0 atom stereocenters. The molecule has 0 aliphatic heterocycles. The van der Waals surface area contributed by atoms with E-state index < -0.39 is 0 Å². The third-order valence-corrected chi connectivity index (χ3v) is 5.59. The Labute approximate surface area is 183 Å². The Bertz CT molecular complexity index is 1180. The summed E-state index contributed by atoms with van der Waals surface area (Å²) in [5.41, 5.74) is 8.35. The number of aromatic nitrogens is 7. The number of halogens is 1. The van der Waals surface area contributed by atoms with Crippen LogP contribution in [0.2, 0.25) is 5.15 Å². The highest BCUT2D eigenvalue weighted by Crippen LogP contribution is 2.24. The molecule has 1 saturated carbocycles. The number of fused-ring (bicyclic) bond motifs is 1. The van der Waals surface area contributed by atoms with Crippen molar-refractivity contribution >= 4 is 34.8 Å². The molecule has 11 heteroatoms. The van der Waals surface area contributed by atoms with Crippen LogP contribution in [-0.4, -0.2) is 46.6 Å². The minimum absolute atomic E-state index is 0.251. The quantitative estimate of drug-likeness (QED) is 0.431. The van der Waals surface area contributed by atoms with Crippen molar-refractivity contribution in [3.8, 4) is 11.3 Å². The van der Waals surface area contributed by atoms with Crippen molar-refractivity contribution in [1.82, 2.24) is 34.5 Å². The van der Waals surface area contributed by atoms with E-state index in [0.29, 0.717) is 23.8 Å². The van der Waals surface area contributed by atoms with Crippen LogP contribution in [0.15, 0.2) is 43.1 Å². The number of rotatable bonds is 5. The minimum atomic E-state index is 0.251. The third-order valence-electron chi connectivity index (χ3n) is 5.32. The molecular formula is C20H21ClN10. The zero-order chi connectivity index (χ0) is 21.2. The van der Waals surface area contributed by atoms with Gasteiger partial charge in [-0.25, -0.2) is 29.4 Å². The van der Waals surface area contributed by atoms with Crippen LogP contribution in [0.1, 0.15) is 25.7 Å². The van der Waals surface area contributed by atoms with Gasteiger partial charge in [0.1, 0.15) is 5.82 Å². The topological polar surface area (TPSA) is 132 Å². The van der Waals surface area contributed by atoms with E-state index in [4.69, 9.17) is 22.4 Å². The molecule has 0 spiro atoms. The summed E-state index contributed by atoms with van der Waals surface area (Å²) in [6.07, 6.45) is 12.4. The molecule has 5 rings (SSSR count). The average molecular weight is 437 g/mol. The van der Waals surface area contributed by atoms with Crippen LogP contribution in [0.4, 0.5) is 17.6 Å². The number of nitrogens with one attached hydrogen (secondary N) is 2. The lowest BCUT2D eigenvalue weighted by Gasteiger charge is -2.27. The first kappa shape index (κ1) is 19.6. The van der Waals surface area contributed by atoms with Gasteiger partial charge in [0, 0.05) is 42.4 Å². The van der Waals surface area contributed by atoms with E-state index in [2.05, 4.69) is 35.6 Å². The summed E-state index contributed by atoms with van der Waals surface area (Å²) in [5.74, 6) is 1.57. The number of nitrogens with two attached hydrogens (primary N) is 1. The van der Waals surface area contributed by atoms with Crippen molar-refractivity contribution in [3.63, 3.8) is 0 Å². The number of anilines is 3. The molecule has 0 radical (unpaired) electrons. The molecule has 0 unspecified atom stereocenters. The maximum Gasteiger partial charge on any atom is 0.228 e.